The Bertz CT molecular complexity index is 551. The van der Waals surface area contributed by atoms with Crippen LogP contribution in [0, 0.1) is 6.92 Å². The van der Waals surface area contributed by atoms with Gasteiger partial charge in [-0.2, -0.15) is 0 Å². The molecule has 102 valence electrons. The number of nitrogens with zero attached hydrogens (tertiary/aromatic N) is 1. The van der Waals surface area contributed by atoms with Crippen LogP contribution in [0.15, 0.2) is 39.4 Å². The summed E-state index contributed by atoms with van der Waals surface area (Å²) in [5.74, 6) is 0.985. The summed E-state index contributed by atoms with van der Waals surface area (Å²) in [5, 5.41) is 3.21. The first-order valence-electron chi connectivity index (χ1n) is 6.29. The quantitative estimate of drug-likeness (QED) is 0.909. The molecule has 1 aromatic carbocycles. The number of benzene rings is 1. The van der Waals surface area contributed by atoms with Crippen molar-refractivity contribution in [1.29, 1.82) is 0 Å². The third kappa shape index (κ3) is 3.39. The van der Waals surface area contributed by atoms with E-state index in [2.05, 4.69) is 51.4 Å². The molecule has 1 aromatic heterocycles. The summed E-state index contributed by atoms with van der Waals surface area (Å²) in [6.07, 6.45) is 1.74. The summed E-state index contributed by atoms with van der Waals surface area (Å²) in [6.45, 7) is 3.70. The number of furan rings is 1. The van der Waals surface area contributed by atoms with Crippen molar-refractivity contribution in [2.45, 2.75) is 20.0 Å². The Morgan fingerprint density at radius 1 is 1.26 bits per heavy atom. The lowest BCUT2D eigenvalue weighted by atomic mass is 10.1. The summed E-state index contributed by atoms with van der Waals surface area (Å²) >= 11 is 3.53. The molecule has 1 N–H and O–H groups in total. The van der Waals surface area contributed by atoms with E-state index in [4.69, 9.17) is 4.42 Å². The van der Waals surface area contributed by atoms with E-state index in [-0.39, 0.29) is 0 Å². The molecule has 1 heterocycles. The van der Waals surface area contributed by atoms with E-state index in [1.54, 1.807) is 6.26 Å². The highest BCUT2D eigenvalue weighted by atomic mass is 79.9. The van der Waals surface area contributed by atoms with Gasteiger partial charge in [0.25, 0.3) is 0 Å². The second kappa shape index (κ2) is 6.26. The fourth-order valence-electron chi connectivity index (χ4n) is 2.17. The molecular formula is C15H19BrN2O. The summed E-state index contributed by atoms with van der Waals surface area (Å²) < 4.78 is 6.46. The molecule has 3 nitrogen and oxygen atoms in total. The first-order chi connectivity index (χ1) is 9.11. The monoisotopic (exact) mass is 322 g/mol. The van der Waals surface area contributed by atoms with Crippen molar-refractivity contribution in [3.8, 4) is 0 Å². The second-order valence-electron chi connectivity index (χ2n) is 4.66. The average molecular weight is 323 g/mol. The minimum absolute atomic E-state index is 0.848. The van der Waals surface area contributed by atoms with E-state index in [1.165, 1.54) is 16.8 Å². The Hall–Kier alpha value is -1.26. The van der Waals surface area contributed by atoms with Gasteiger partial charge in [0, 0.05) is 35.9 Å². The van der Waals surface area contributed by atoms with Gasteiger partial charge in [0.15, 0.2) is 0 Å². The van der Waals surface area contributed by atoms with Gasteiger partial charge in [-0.25, -0.2) is 0 Å². The van der Waals surface area contributed by atoms with Gasteiger partial charge in [0.1, 0.15) is 5.76 Å². The molecule has 19 heavy (non-hydrogen) atoms. The van der Waals surface area contributed by atoms with Crippen LogP contribution in [0.3, 0.4) is 0 Å². The lowest BCUT2D eigenvalue weighted by Crippen LogP contribution is -2.19. The molecule has 0 spiro atoms. The Morgan fingerprint density at radius 3 is 2.68 bits per heavy atom. The van der Waals surface area contributed by atoms with Crippen LogP contribution in [-0.2, 0) is 13.1 Å². The fraction of sp³-hybridized carbons (Fsp3) is 0.333. The minimum Gasteiger partial charge on any atom is -0.469 e. The largest absolute Gasteiger partial charge is 0.469 e. The van der Waals surface area contributed by atoms with Gasteiger partial charge in [-0.15, -0.1) is 0 Å². The van der Waals surface area contributed by atoms with Gasteiger partial charge in [0.05, 0.1) is 6.26 Å². The molecule has 0 fully saturated rings. The first kappa shape index (κ1) is 14.2. The predicted octanol–water partition coefficient (Wildman–Crippen LogP) is 3.71. The second-order valence-corrected chi connectivity index (χ2v) is 5.58. The maximum atomic E-state index is 5.35. The van der Waals surface area contributed by atoms with Gasteiger partial charge in [-0.05, 0) is 43.8 Å². The molecule has 0 saturated carbocycles. The molecule has 0 radical (unpaired) electrons. The normalized spacial score (nSPS) is 10.7. The van der Waals surface area contributed by atoms with Crippen LogP contribution in [0.4, 0.5) is 5.69 Å². The van der Waals surface area contributed by atoms with Crippen LogP contribution in [0.5, 0.6) is 0 Å². The molecule has 2 aromatic rings. The first-order valence-corrected chi connectivity index (χ1v) is 7.08. The predicted molar refractivity (Wildman–Crippen MR) is 82.5 cm³/mol. The number of aryl methyl sites for hydroxylation is 1. The summed E-state index contributed by atoms with van der Waals surface area (Å²) in [7, 11) is 4.07. The summed E-state index contributed by atoms with van der Waals surface area (Å²) in [6, 6.07) is 8.41. The van der Waals surface area contributed by atoms with E-state index >= 15 is 0 Å². The Morgan fingerprint density at radius 2 is 2.05 bits per heavy atom. The zero-order valence-corrected chi connectivity index (χ0v) is 13.1. The van der Waals surface area contributed by atoms with Crippen LogP contribution >= 0.6 is 15.9 Å². The Balaban J connectivity index is 2.23. The summed E-state index contributed by atoms with van der Waals surface area (Å²) in [5.41, 5.74) is 3.74. The van der Waals surface area contributed by atoms with Crippen molar-refractivity contribution < 1.29 is 4.42 Å². The number of rotatable bonds is 5. The highest BCUT2D eigenvalue weighted by Crippen LogP contribution is 2.25. The van der Waals surface area contributed by atoms with Crippen LogP contribution in [0.1, 0.15) is 16.9 Å². The SMILES string of the molecule is CNCc1cc(Br)ccc1N(C)Cc1ccoc1C. The number of anilines is 1. The van der Waals surface area contributed by atoms with E-state index in [1.807, 2.05) is 20.0 Å². The van der Waals surface area contributed by atoms with E-state index in [9.17, 15) is 0 Å². The molecular weight excluding hydrogens is 304 g/mol. The molecule has 4 heteroatoms. The van der Waals surface area contributed by atoms with Gasteiger partial charge >= 0.3 is 0 Å². The highest BCUT2D eigenvalue weighted by Gasteiger charge is 2.10. The van der Waals surface area contributed by atoms with Crippen LogP contribution in [0.2, 0.25) is 0 Å². The highest BCUT2D eigenvalue weighted by molar-refractivity contribution is 9.10. The van der Waals surface area contributed by atoms with E-state index < -0.39 is 0 Å². The lowest BCUT2D eigenvalue weighted by Gasteiger charge is -2.22. The molecule has 0 saturated heterocycles. The molecule has 0 bridgehead atoms. The van der Waals surface area contributed by atoms with Crippen LogP contribution < -0.4 is 10.2 Å². The topological polar surface area (TPSA) is 28.4 Å². The van der Waals surface area contributed by atoms with Crippen molar-refractivity contribution in [3.63, 3.8) is 0 Å². The molecule has 0 amide bonds. The van der Waals surface area contributed by atoms with E-state index in [0.717, 1.165) is 23.3 Å². The molecule has 0 unspecified atom stereocenters. The van der Waals surface area contributed by atoms with Gasteiger partial charge in [-0.3, -0.25) is 0 Å². The van der Waals surface area contributed by atoms with Crippen molar-refractivity contribution in [2.75, 3.05) is 19.0 Å². The van der Waals surface area contributed by atoms with Crippen molar-refractivity contribution in [1.82, 2.24) is 5.32 Å². The average Bonchev–Trinajstić information content (AvgIpc) is 2.75. The molecule has 0 atom stereocenters. The van der Waals surface area contributed by atoms with Crippen molar-refractivity contribution in [3.05, 3.63) is 51.9 Å². The number of hydrogen-bond donors (Lipinski definition) is 1. The standard InChI is InChI=1S/C15H19BrN2O/c1-11-12(6-7-19-11)10-18(3)15-5-4-14(16)8-13(15)9-17-2/h4-8,17H,9-10H2,1-3H3. The smallest absolute Gasteiger partial charge is 0.105 e. The summed E-state index contributed by atoms with van der Waals surface area (Å²) in [4.78, 5) is 2.25. The Labute approximate surface area is 122 Å². The van der Waals surface area contributed by atoms with E-state index in [0.29, 0.717) is 0 Å². The zero-order chi connectivity index (χ0) is 13.8. The van der Waals surface area contributed by atoms with Crippen LogP contribution in [-0.4, -0.2) is 14.1 Å². The van der Waals surface area contributed by atoms with Gasteiger partial charge < -0.3 is 14.6 Å². The third-order valence-electron chi connectivity index (χ3n) is 3.19. The maximum absolute atomic E-state index is 5.35. The number of hydrogen-bond acceptors (Lipinski definition) is 3. The molecule has 0 aliphatic heterocycles. The minimum atomic E-state index is 0.848. The number of nitrogens with one attached hydrogen (secondary N) is 1. The zero-order valence-electron chi connectivity index (χ0n) is 11.5. The third-order valence-corrected chi connectivity index (χ3v) is 3.69. The van der Waals surface area contributed by atoms with Crippen molar-refractivity contribution in [2.24, 2.45) is 0 Å². The lowest BCUT2D eigenvalue weighted by molar-refractivity contribution is 0.529. The van der Waals surface area contributed by atoms with Gasteiger partial charge in [0.2, 0.25) is 0 Å². The Kier molecular flexibility index (Phi) is 4.66. The van der Waals surface area contributed by atoms with Crippen LogP contribution in [0.25, 0.3) is 0 Å². The fourth-order valence-corrected chi connectivity index (χ4v) is 2.58. The molecule has 0 aliphatic carbocycles. The molecule has 2 rings (SSSR count). The van der Waals surface area contributed by atoms with Crippen molar-refractivity contribution >= 4 is 21.6 Å². The maximum Gasteiger partial charge on any atom is 0.105 e. The van der Waals surface area contributed by atoms with Gasteiger partial charge in [-0.1, -0.05) is 15.9 Å². The number of halogens is 1. The molecule has 0 aliphatic rings.